The van der Waals surface area contributed by atoms with Crippen molar-refractivity contribution in [3.63, 3.8) is 0 Å². The van der Waals surface area contributed by atoms with E-state index in [0.717, 1.165) is 33.5 Å². The van der Waals surface area contributed by atoms with Gasteiger partial charge < -0.3 is 15.0 Å². The largest absolute Gasteiger partial charge is 0.396 e. The SMILES string of the molecule is Cn1cc(C(=O)NCc2ccc(Cl)cc2)c(=S)c2cc(CCCO)sc21. The zero-order chi connectivity index (χ0) is 18.7. The number of carbonyl (C=O) groups is 1. The van der Waals surface area contributed by atoms with E-state index < -0.39 is 0 Å². The molecule has 1 aromatic carbocycles. The summed E-state index contributed by atoms with van der Waals surface area (Å²) in [7, 11) is 1.92. The summed E-state index contributed by atoms with van der Waals surface area (Å²) in [5.74, 6) is -0.189. The summed E-state index contributed by atoms with van der Waals surface area (Å²) in [5.41, 5.74) is 1.47. The van der Waals surface area contributed by atoms with Crippen molar-refractivity contribution in [1.29, 1.82) is 0 Å². The predicted molar refractivity (Wildman–Crippen MR) is 110 cm³/mol. The van der Waals surface area contributed by atoms with Gasteiger partial charge in [0.2, 0.25) is 0 Å². The van der Waals surface area contributed by atoms with E-state index in [0.29, 0.717) is 21.6 Å². The highest BCUT2D eigenvalue weighted by molar-refractivity contribution is 7.71. The van der Waals surface area contributed by atoms with Crippen molar-refractivity contribution >= 4 is 51.3 Å². The highest BCUT2D eigenvalue weighted by atomic mass is 35.5. The molecule has 0 bridgehead atoms. The lowest BCUT2D eigenvalue weighted by molar-refractivity contribution is 0.0950. The zero-order valence-electron chi connectivity index (χ0n) is 14.3. The van der Waals surface area contributed by atoms with E-state index >= 15 is 0 Å². The monoisotopic (exact) mass is 406 g/mol. The molecule has 0 spiro atoms. The average Bonchev–Trinajstić information content (AvgIpc) is 3.07. The van der Waals surface area contributed by atoms with Crippen LogP contribution in [0.5, 0.6) is 0 Å². The molecule has 3 rings (SSSR count). The molecule has 7 heteroatoms. The lowest BCUT2D eigenvalue weighted by Gasteiger charge is -2.09. The summed E-state index contributed by atoms with van der Waals surface area (Å²) in [5, 5.41) is 13.5. The first kappa shape index (κ1) is 19.0. The number of hydrogen-bond acceptors (Lipinski definition) is 4. The number of aliphatic hydroxyl groups is 1. The van der Waals surface area contributed by atoms with Gasteiger partial charge in [0.25, 0.3) is 5.91 Å². The van der Waals surface area contributed by atoms with Gasteiger partial charge in [0.15, 0.2) is 0 Å². The molecule has 1 amide bonds. The van der Waals surface area contributed by atoms with Crippen LogP contribution in [0, 0.1) is 4.51 Å². The number of hydrogen-bond donors (Lipinski definition) is 2. The van der Waals surface area contributed by atoms with Crippen LogP contribution in [-0.2, 0) is 20.0 Å². The van der Waals surface area contributed by atoms with E-state index in [1.165, 1.54) is 0 Å². The molecule has 2 heterocycles. The van der Waals surface area contributed by atoms with Crippen LogP contribution in [0.3, 0.4) is 0 Å². The number of nitrogens with zero attached hydrogens (tertiary/aromatic N) is 1. The Morgan fingerprint density at radius 2 is 2.08 bits per heavy atom. The maximum Gasteiger partial charge on any atom is 0.254 e. The second-order valence-corrected chi connectivity index (χ2v) is 8.01. The quantitative estimate of drug-likeness (QED) is 0.593. The molecule has 4 nitrogen and oxygen atoms in total. The van der Waals surface area contributed by atoms with Crippen molar-refractivity contribution in [2.24, 2.45) is 7.05 Å². The second-order valence-electron chi connectivity index (χ2n) is 6.05. The Hall–Kier alpha value is -1.73. The van der Waals surface area contributed by atoms with Crippen LogP contribution in [0.1, 0.15) is 27.2 Å². The number of amides is 1. The van der Waals surface area contributed by atoms with Gasteiger partial charge in [0.05, 0.1) is 10.1 Å². The molecule has 0 unspecified atom stereocenters. The number of pyridine rings is 1. The number of aromatic nitrogens is 1. The molecule has 136 valence electrons. The molecule has 3 aromatic rings. The Bertz CT molecular complexity index is 993. The van der Waals surface area contributed by atoms with Gasteiger partial charge in [0, 0.05) is 41.7 Å². The number of halogens is 1. The van der Waals surface area contributed by atoms with Crippen molar-refractivity contribution in [3.8, 4) is 0 Å². The van der Waals surface area contributed by atoms with Crippen molar-refractivity contribution in [1.82, 2.24) is 9.88 Å². The lowest BCUT2D eigenvalue weighted by Crippen LogP contribution is -2.23. The molecule has 0 aliphatic heterocycles. The van der Waals surface area contributed by atoms with Crippen LogP contribution in [0.4, 0.5) is 0 Å². The maximum absolute atomic E-state index is 12.6. The van der Waals surface area contributed by atoms with E-state index in [9.17, 15) is 4.79 Å². The van der Waals surface area contributed by atoms with E-state index in [2.05, 4.69) is 5.32 Å². The van der Waals surface area contributed by atoms with Crippen LogP contribution in [0.2, 0.25) is 5.02 Å². The fraction of sp³-hybridized carbons (Fsp3) is 0.263. The van der Waals surface area contributed by atoms with E-state index in [1.54, 1.807) is 29.7 Å². The van der Waals surface area contributed by atoms with Crippen molar-refractivity contribution < 1.29 is 9.90 Å². The second kappa shape index (κ2) is 8.31. The summed E-state index contributed by atoms with van der Waals surface area (Å²) in [4.78, 5) is 14.8. The summed E-state index contributed by atoms with van der Waals surface area (Å²) >= 11 is 13.1. The normalized spacial score (nSPS) is 11.0. The molecule has 2 aromatic heterocycles. The third kappa shape index (κ3) is 4.15. The Labute approximate surface area is 166 Å². The number of aliphatic hydroxyl groups excluding tert-OH is 1. The fourth-order valence-corrected chi connectivity index (χ4v) is 4.36. The van der Waals surface area contributed by atoms with Crippen molar-refractivity contribution in [2.45, 2.75) is 19.4 Å². The molecule has 0 radical (unpaired) electrons. The van der Waals surface area contributed by atoms with Gasteiger partial charge in [-0.1, -0.05) is 36.0 Å². The molecule has 2 N–H and O–H groups in total. The van der Waals surface area contributed by atoms with Gasteiger partial charge in [0.1, 0.15) is 4.83 Å². The number of fused-ring (bicyclic) bond motifs is 1. The molecule has 0 fully saturated rings. The average molecular weight is 407 g/mol. The number of benzene rings is 1. The lowest BCUT2D eigenvalue weighted by atomic mass is 10.2. The highest BCUT2D eigenvalue weighted by Crippen LogP contribution is 2.28. The smallest absolute Gasteiger partial charge is 0.254 e. The predicted octanol–water partition coefficient (Wildman–Crippen LogP) is 4.48. The Kier molecular flexibility index (Phi) is 6.09. The fourth-order valence-electron chi connectivity index (χ4n) is 2.73. The Morgan fingerprint density at radius 3 is 2.77 bits per heavy atom. The van der Waals surface area contributed by atoms with Gasteiger partial charge in [-0.05, 0) is 36.6 Å². The molecule has 26 heavy (non-hydrogen) atoms. The third-order valence-corrected chi connectivity index (χ3v) is 6.07. The number of carbonyl (C=O) groups excluding carboxylic acids is 1. The molecule has 0 saturated heterocycles. The van der Waals surface area contributed by atoms with Gasteiger partial charge in [-0.15, -0.1) is 11.3 Å². The summed E-state index contributed by atoms with van der Waals surface area (Å²) in [6.07, 6.45) is 3.31. The van der Waals surface area contributed by atoms with E-state index in [1.807, 2.05) is 29.8 Å². The van der Waals surface area contributed by atoms with Crippen molar-refractivity contribution in [3.05, 3.63) is 62.1 Å². The minimum Gasteiger partial charge on any atom is -0.396 e. The van der Waals surface area contributed by atoms with Crippen LogP contribution in [-0.4, -0.2) is 22.2 Å². The van der Waals surface area contributed by atoms with Crippen LogP contribution >= 0.6 is 35.2 Å². The molecular formula is C19H19ClN2O2S2. The molecule has 0 aliphatic carbocycles. The number of nitrogens with one attached hydrogen (secondary N) is 1. The van der Waals surface area contributed by atoms with Crippen LogP contribution in [0.15, 0.2) is 36.5 Å². The van der Waals surface area contributed by atoms with Crippen LogP contribution < -0.4 is 5.32 Å². The first-order valence-electron chi connectivity index (χ1n) is 8.25. The molecule has 0 aliphatic rings. The number of rotatable bonds is 6. The molecular weight excluding hydrogens is 388 g/mol. The van der Waals surface area contributed by atoms with Gasteiger partial charge in [-0.2, -0.15) is 0 Å². The summed E-state index contributed by atoms with van der Waals surface area (Å²) in [6.45, 7) is 0.581. The molecule has 0 saturated carbocycles. The van der Waals surface area contributed by atoms with E-state index in [4.69, 9.17) is 28.9 Å². The number of aryl methyl sites for hydroxylation is 2. The maximum atomic E-state index is 12.6. The highest BCUT2D eigenvalue weighted by Gasteiger charge is 2.14. The molecule has 0 atom stereocenters. The minimum absolute atomic E-state index is 0.166. The first-order chi connectivity index (χ1) is 12.5. The zero-order valence-corrected chi connectivity index (χ0v) is 16.7. The topological polar surface area (TPSA) is 54.3 Å². The van der Waals surface area contributed by atoms with Gasteiger partial charge >= 0.3 is 0 Å². The van der Waals surface area contributed by atoms with E-state index in [-0.39, 0.29) is 12.5 Å². The third-order valence-electron chi connectivity index (χ3n) is 4.09. The van der Waals surface area contributed by atoms with Gasteiger partial charge in [-0.3, -0.25) is 4.79 Å². The standard InChI is InChI=1S/C19H19ClN2O2S2/c1-22-11-16(18(24)21-10-12-4-6-13(20)7-5-12)17(25)15-9-14(3-2-8-23)26-19(15)22/h4-7,9,11,23H,2-3,8,10H2,1H3,(H,21,24). The minimum atomic E-state index is -0.189. The summed E-state index contributed by atoms with van der Waals surface area (Å²) < 4.78 is 2.51. The Balaban J connectivity index is 1.84. The summed E-state index contributed by atoms with van der Waals surface area (Å²) in [6, 6.07) is 9.40. The van der Waals surface area contributed by atoms with Gasteiger partial charge in [-0.25, -0.2) is 0 Å². The first-order valence-corrected chi connectivity index (χ1v) is 9.85. The Morgan fingerprint density at radius 1 is 1.35 bits per heavy atom. The number of thiophene rings is 1. The van der Waals surface area contributed by atoms with Crippen molar-refractivity contribution in [2.75, 3.05) is 6.61 Å². The van der Waals surface area contributed by atoms with Crippen LogP contribution in [0.25, 0.3) is 10.2 Å².